The lowest BCUT2D eigenvalue weighted by molar-refractivity contribution is -0.0572. The molecular weight excluding hydrogens is 424 g/mol. The van der Waals surface area contributed by atoms with Crippen LogP contribution in [0.3, 0.4) is 0 Å². The van der Waals surface area contributed by atoms with Gasteiger partial charge in [-0.3, -0.25) is 9.78 Å². The summed E-state index contributed by atoms with van der Waals surface area (Å²) in [6.07, 6.45) is 3.74. The lowest BCUT2D eigenvalue weighted by Gasteiger charge is -2.70. The van der Waals surface area contributed by atoms with E-state index in [9.17, 15) is 9.59 Å². The highest BCUT2D eigenvalue weighted by molar-refractivity contribution is 6.00. The van der Waals surface area contributed by atoms with Crippen molar-refractivity contribution in [3.05, 3.63) is 47.8 Å². The molecule has 0 unspecified atom stereocenters. The lowest BCUT2D eigenvalue weighted by atomic mass is 9.44. The van der Waals surface area contributed by atoms with Crippen LogP contribution in [0.1, 0.15) is 35.2 Å². The number of nitrogens with zero attached hydrogens (tertiary/aromatic N) is 5. The quantitative estimate of drug-likeness (QED) is 0.420. The molecule has 4 N–H and O–H groups in total. The minimum atomic E-state index is -1.04. The Hall–Kier alpha value is -4.64. The Morgan fingerprint density at radius 2 is 1.94 bits per heavy atom. The van der Waals surface area contributed by atoms with Gasteiger partial charge < -0.3 is 21.1 Å². The highest BCUT2D eigenvalue weighted by Gasteiger charge is 2.69. The third-order valence-corrected chi connectivity index (χ3v) is 6.17. The van der Waals surface area contributed by atoms with Crippen molar-refractivity contribution in [1.29, 1.82) is 10.5 Å². The fourth-order valence-corrected chi connectivity index (χ4v) is 4.91. The summed E-state index contributed by atoms with van der Waals surface area (Å²) in [5, 5.41) is 39.8. The Balaban J connectivity index is 1.48. The normalized spacial score (nSPS) is 22.2. The summed E-state index contributed by atoms with van der Waals surface area (Å²) in [5.41, 5.74) is 2.56. The van der Waals surface area contributed by atoms with E-state index in [1.807, 2.05) is 18.2 Å². The number of hydrogen-bond acceptors (Lipinski definition) is 7. The van der Waals surface area contributed by atoms with E-state index in [4.69, 9.17) is 15.6 Å². The van der Waals surface area contributed by atoms with Crippen LogP contribution in [-0.2, 0) is 0 Å². The highest BCUT2D eigenvalue weighted by atomic mass is 16.4. The average Bonchev–Trinajstić information content (AvgIpc) is 3.18. The van der Waals surface area contributed by atoms with Crippen LogP contribution in [0.4, 0.5) is 10.5 Å². The first-order valence-corrected chi connectivity index (χ1v) is 10.2. The summed E-state index contributed by atoms with van der Waals surface area (Å²) in [6.45, 7) is -0.134. The van der Waals surface area contributed by atoms with Crippen molar-refractivity contribution in [1.82, 2.24) is 25.2 Å². The first kappa shape index (κ1) is 20.3. The number of carbonyl (C=O) groups excluding carboxylic acids is 1. The maximum absolute atomic E-state index is 12.6. The van der Waals surface area contributed by atoms with Crippen molar-refractivity contribution in [3.8, 4) is 23.5 Å². The number of hydrogen-bond donors (Lipinski definition) is 4. The Bertz CT molecular complexity index is 1380. The van der Waals surface area contributed by atoms with Gasteiger partial charge in [0.2, 0.25) is 0 Å². The minimum absolute atomic E-state index is 0.134. The van der Waals surface area contributed by atoms with Crippen LogP contribution < -0.4 is 16.0 Å². The van der Waals surface area contributed by atoms with E-state index in [-0.39, 0.29) is 12.1 Å². The molecule has 6 rings (SSSR count). The highest BCUT2D eigenvalue weighted by Crippen LogP contribution is 2.62. The number of fused-ring (bicyclic) bond motifs is 1. The number of anilines is 1. The Morgan fingerprint density at radius 3 is 2.64 bits per heavy atom. The monoisotopic (exact) mass is 442 g/mol. The molecule has 0 saturated heterocycles. The first-order valence-electron chi connectivity index (χ1n) is 10.2. The van der Waals surface area contributed by atoms with E-state index >= 15 is 0 Å². The van der Waals surface area contributed by atoms with Gasteiger partial charge in [-0.25, -0.2) is 9.31 Å². The smallest absolute Gasteiger partial charge is 0.405 e. The number of carbonyl (C=O) groups is 2. The SMILES string of the molecule is N#CCNC(=O)c1cnc(-c2ccc3cc(C#N)cnn23)cc1NC12CC(NC(=O)O)(C1)C2. The van der Waals surface area contributed by atoms with Crippen molar-refractivity contribution < 1.29 is 14.7 Å². The predicted octanol–water partition coefficient (Wildman–Crippen LogP) is 1.88. The molecule has 3 aromatic rings. The average molecular weight is 442 g/mol. The lowest BCUT2D eigenvalue weighted by Crippen LogP contribution is -2.81. The van der Waals surface area contributed by atoms with Gasteiger partial charge in [-0.05, 0) is 43.5 Å². The van der Waals surface area contributed by atoms with Gasteiger partial charge in [0, 0.05) is 11.7 Å². The fraction of sp³-hybridized carbons (Fsp3) is 0.273. The van der Waals surface area contributed by atoms with Crippen LogP contribution >= 0.6 is 0 Å². The van der Waals surface area contributed by atoms with Crippen LogP contribution in [0.25, 0.3) is 16.9 Å². The molecule has 3 aromatic heterocycles. The second kappa shape index (κ2) is 7.21. The van der Waals surface area contributed by atoms with Gasteiger partial charge in [0.05, 0.1) is 51.5 Å². The molecular formula is C22H18N8O3. The van der Waals surface area contributed by atoms with Crippen LogP contribution in [0.2, 0.25) is 0 Å². The zero-order chi connectivity index (χ0) is 23.2. The van der Waals surface area contributed by atoms with Gasteiger partial charge in [0.15, 0.2) is 0 Å². The molecule has 3 aliphatic rings. The van der Waals surface area contributed by atoms with Crippen molar-refractivity contribution in [2.24, 2.45) is 0 Å². The topological polar surface area (TPSA) is 168 Å². The summed E-state index contributed by atoms with van der Waals surface area (Å²) >= 11 is 0. The largest absolute Gasteiger partial charge is 0.465 e. The van der Waals surface area contributed by atoms with Crippen molar-refractivity contribution in [3.63, 3.8) is 0 Å². The molecule has 3 aliphatic carbocycles. The van der Waals surface area contributed by atoms with Gasteiger partial charge in [0.25, 0.3) is 5.91 Å². The minimum Gasteiger partial charge on any atom is -0.465 e. The fourth-order valence-electron chi connectivity index (χ4n) is 4.91. The molecule has 0 spiro atoms. The van der Waals surface area contributed by atoms with Crippen molar-refractivity contribution in [2.45, 2.75) is 30.3 Å². The van der Waals surface area contributed by atoms with Crippen LogP contribution in [-0.4, -0.2) is 49.3 Å². The summed E-state index contributed by atoms with van der Waals surface area (Å²) < 4.78 is 1.66. The van der Waals surface area contributed by atoms with Crippen molar-refractivity contribution >= 4 is 23.2 Å². The second-order valence-corrected chi connectivity index (χ2v) is 8.51. The molecule has 11 nitrogen and oxygen atoms in total. The Kier molecular flexibility index (Phi) is 4.43. The molecule has 2 bridgehead atoms. The van der Waals surface area contributed by atoms with E-state index in [1.54, 1.807) is 16.6 Å². The maximum Gasteiger partial charge on any atom is 0.405 e. The van der Waals surface area contributed by atoms with E-state index in [0.717, 1.165) is 5.52 Å². The Morgan fingerprint density at radius 1 is 1.15 bits per heavy atom. The Labute approximate surface area is 187 Å². The van der Waals surface area contributed by atoms with Gasteiger partial charge in [0.1, 0.15) is 12.6 Å². The maximum atomic E-state index is 12.6. The molecule has 3 heterocycles. The molecule has 2 amide bonds. The van der Waals surface area contributed by atoms with Crippen LogP contribution in [0.15, 0.2) is 36.7 Å². The third-order valence-electron chi connectivity index (χ3n) is 6.17. The van der Waals surface area contributed by atoms with Crippen molar-refractivity contribution in [2.75, 3.05) is 11.9 Å². The molecule has 0 atom stereocenters. The zero-order valence-electron chi connectivity index (χ0n) is 17.3. The number of nitrogens with one attached hydrogen (secondary N) is 3. The molecule has 164 valence electrons. The summed E-state index contributed by atoms with van der Waals surface area (Å²) in [4.78, 5) is 28.1. The van der Waals surface area contributed by atoms with E-state index < -0.39 is 17.5 Å². The molecule has 0 radical (unpaired) electrons. The van der Waals surface area contributed by atoms with E-state index in [2.05, 4.69) is 32.1 Å². The first-order chi connectivity index (χ1) is 15.9. The van der Waals surface area contributed by atoms with E-state index in [0.29, 0.717) is 47.5 Å². The summed E-state index contributed by atoms with van der Waals surface area (Å²) in [7, 11) is 0. The molecule has 0 aromatic carbocycles. The van der Waals surface area contributed by atoms with Crippen LogP contribution in [0.5, 0.6) is 0 Å². The number of carboxylic acid groups (broad SMARTS) is 1. The zero-order valence-corrected chi connectivity index (χ0v) is 17.3. The molecule has 3 saturated carbocycles. The second-order valence-electron chi connectivity index (χ2n) is 8.51. The molecule has 0 aliphatic heterocycles. The number of amides is 2. The number of rotatable bonds is 6. The number of pyridine rings is 1. The van der Waals surface area contributed by atoms with Gasteiger partial charge >= 0.3 is 6.09 Å². The van der Waals surface area contributed by atoms with Gasteiger partial charge in [-0.2, -0.15) is 15.6 Å². The van der Waals surface area contributed by atoms with E-state index in [1.165, 1.54) is 12.4 Å². The molecule has 11 heteroatoms. The molecule has 33 heavy (non-hydrogen) atoms. The molecule has 3 fully saturated rings. The predicted molar refractivity (Wildman–Crippen MR) is 115 cm³/mol. The van der Waals surface area contributed by atoms with Gasteiger partial charge in [-0.1, -0.05) is 0 Å². The van der Waals surface area contributed by atoms with Crippen LogP contribution in [0, 0.1) is 22.7 Å². The number of nitriles is 2. The number of aromatic nitrogens is 3. The third kappa shape index (κ3) is 3.36. The summed E-state index contributed by atoms with van der Waals surface area (Å²) in [6, 6.07) is 11.1. The standard InChI is InChI=1S/C22H18N8O3/c23-3-4-25-19(31)15-9-26-17(18-2-1-14-5-13(7-24)8-27-30(14)18)6-16(15)28-21-10-22(11-21,12-21)29-20(32)33/h1-2,5-6,8-9,29H,4,10-12H2,(H,25,31)(H,26,28)(H,32,33). The summed E-state index contributed by atoms with van der Waals surface area (Å²) in [5.74, 6) is -0.431. The van der Waals surface area contributed by atoms with Gasteiger partial charge in [-0.15, -0.1) is 0 Å².